The Kier molecular flexibility index (Phi) is 4.14. The maximum atomic E-state index is 13.6. The van der Waals surface area contributed by atoms with E-state index in [1.165, 1.54) is 6.33 Å². The molecule has 0 bridgehead atoms. The summed E-state index contributed by atoms with van der Waals surface area (Å²) in [7, 11) is 0. The van der Waals surface area contributed by atoms with Crippen LogP contribution in [0.25, 0.3) is 0 Å². The topological polar surface area (TPSA) is 37.8 Å². The van der Waals surface area contributed by atoms with Gasteiger partial charge in [-0.1, -0.05) is 27.5 Å². The molecule has 1 aromatic heterocycles. The quantitative estimate of drug-likeness (QED) is 0.746. The zero-order chi connectivity index (χ0) is 13.3. The lowest BCUT2D eigenvalue weighted by Gasteiger charge is -2.10. The second-order valence-electron chi connectivity index (χ2n) is 3.20. The van der Waals surface area contributed by atoms with E-state index in [4.69, 9.17) is 11.6 Å². The number of halogens is 5. The molecule has 0 aliphatic rings. The van der Waals surface area contributed by atoms with Crippen LogP contribution in [0.3, 0.4) is 0 Å². The van der Waals surface area contributed by atoms with Crippen molar-refractivity contribution in [3.8, 4) is 0 Å². The molecule has 2 rings (SSSR count). The van der Waals surface area contributed by atoms with Crippen LogP contribution in [0.5, 0.6) is 0 Å². The van der Waals surface area contributed by atoms with Crippen molar-refractivity contribution in [1.29, 1.82) is 0 Å². The molecule has 1 aromatic carbocycles. The summed E-state index contributed by atoms with van der Waals surface area (Å²) in [4.78, 5) is 7.55. The first-order valence-corrected chi connectivity index (χ1v) is 6.53. The molecule has 1 heterocycles. The second-order valence-corrected chi connectivity index (χ2v) is 5.26. The van der Waals surface area contributed by atoms with Crippen molar-refractivity contribution in [3.05, 3.63) is 44.2 Å². The van der Waals surface area contributed by atoms with E-state index >= 15 is 0 Å². The van der Waals surface area contributed by atoms with E-state index in [1.807, 2.05) is 0 Å². The molecule has 0 saturated heterocycles. The first-order chi connectivity index (χ1) is 8.49. The molecule has 2 aromatic rings. The Morgan fingerprint density at radius 2 is 1.72 bits per heavy atom. The predicted octanol–water partition coefficient (Wildman–Crippen LogP) is 4.68. The maximum absolute atomic E-state index is 13.6. The van der Waals surface area contributed by atoms with Gasteiger partial charge in [-0.2, -0.15) is 0 Å². The van der Waals surface area contributed by atoms with Crippen LogP contribution in [0, 0.1) is 11.6 Å². The smallest absolute Gasteiger partial charge is 0.150 e. The van der Waals surface area contributed by atoms with Crippen molar-refractivity contribution in [2.75, 3.05) is 5.32 Å². The lowest BCUT2D eigenvalue weighted by atomic mass is 10.3. The minimum Gasteiger partial charge on any atom is -0.334 e. The van der Waals surface area contributed by atoms with E-state index in [9.17, 15) is 8.78 Å². The number of benzene rings is 1. The summed E-state index contributed by atoms with van der Waals surface area (Å²) < 4.78 is 27.8. The Hall–Kier alpha value is -0.790. The molecule has 0 spiro atoms. The van der Waals surface area contributed by atoms with Crippen LogP contribution in [0.15, 0.2) is 27.4 Å². The predicted molar refractivity (Wildman–Crippen MR) is 72.1 cm³/mol. The fourth-order valence-corrected chi connectivity index (χ4v) is 2.05. The van der Waals surface area contributed by atoms with Gasteiger partial charge < -0.3 is 5.32 Å². The Labute approximate surface area is 123 Å². The normalized spacial score (nSPS) is 10.5. The van der Waals surface area contributed by atoms with Crippen LogP contribution in [-0.4, -0.2) is 9.97 Å². The van der Waals surface area contributed by atoms with E-state index in [1.54, 1.807) is 0 Å². The number of rotatable bonds is 2. The Bertz CT molecular complexity index is 587. The van der Waals surface area contributed by atoms with Crippen LogP contribution in [0.2, 0.25) is 5.15 Å². The molecule has 0 unspecified atom stereocenters. The molecule has 0 amide bonds. The minimum absolute atomic E-state index is 0.144. The molecule has 8 heteroatoms. The summed E-state index contributed by atoms with van der Waals surface area (Å²) in [5.41, 5.74) is -0.311. The molecule has 0 radical (unpaired) electrons. The number of nitrogens with zero attached hydrogens (tertiary/aromatic N) is 2. The van der Waals surface area contributed by atoms with Crippen molar-refractivity contribution >= 4 is 55.0 Å². The number of nitrogens with one attached hydrogen (secondary N) is 1. The van der Waals surface area contributed by atoms with Crippen LogP contribution < -0.4 is 5.32 Å². The zero-order valence-corrected chi connectivity index (χ0v) is 12.4. The highest BCUT2D eigenvalue weighted by molar-refractivity contribution is 9.11. The molecule has 0 aliphatic heterocycles. The number of anilines is 2. The minimum atomic E-state index is -0.747. The third kappa shape index (κ3) is 2.78. The molecule has 94 valence electrons. The van der Waals surface area contributed by atoms with Crippen LogP contribution in [0.1, 0.15) is 0 Å². The molecular weight excluding hydrogens is 395 g/mol. The fraction of sp³-hybridized carbons (Fsp3) is 0. The van der Waals surface area contributed by atoms with Crippen molar-refractivity contribution in [2.24, 2.45) is 0 Å². The molecule has 1 N–H and O–H groups in total. The molecule has 3 nitrogen and oxygen atoms in total. The standard InChI is InChI=1S/C10H4Br2ClF2N3/c11-4-1-5(14)8(6(15)2-4)18-10-7(12)9(13)16-3-17-10/h1-3H,(H,16,17,18). The van der Waals surface area contributed by atoms with Crippen molar-refractivity contribution in [1.82, 2.24) is 9.97 Å². The Morgan fingerprint density at radius 1 is 1.11 bits per heavy atom. The summed E-state index contributed by atoms with van der Waals surface area (Å²) in [6, 6.07) is 2.28. The van der Waals surface area contributed by atoms with E-state index in [-0.39, 0.29) is 16.7 Å². The van der Waals surface area contributed by atoms with E-state index in [2.05, 4.69) is 47.1 Å². The zero-order valence-electron chi connectivity index (χ0n) is 8.52. The summed E-state index contributed by atoms with van der Waals surface area (Å²) in [6.45, 7) is 0. The lowest BCUT2D eigenvalue weighted by Crippen LogP contribution is -2.01. The van der Waals surface area contributed by atoms with Crippen molar-refractivity contribution in [3.63, 3.8) is 0 Å². The maximum Gasteiger partial charge on any atom is 0.150 e. The molecule has 0 fully saturated rings. The SMILES string of the molecule is Fc1cc(Br)cc(F)c1Nc1ncnc(Cl)c1Br. The first kappa shape index (κ1) is 13.6. The molecule has 18 heavy (non-hydrogen) atoms. The van der Waals surface area contributed by atoms with Crippen LogP contribution in [-0.2, 0) is 0 Å². The van der Waals surface area contributed by atoms with E-state index in [0.29, 0.717) is 8.95 Å². The van der Waals surface area contributed by atoms with E-state index < -0.39 is 11.6 Å². The Morgan fingerprint density at radius 3 is 2.33 bits per heavy atom. The summed E-state index contributed by atoms with van der Waals surface area (Å²) >= 11 is 11.9. The highest BCUT2D eigenvalue weighted by atomic mass is 79.9. The highest BCUT2D eigenvalue weighted by Gasteiger charge is 2.14. The number of aromatic nitrogens is 2. The molecular formula is C10H4Br2ClF2N3. The average molecular weight is 399 g/mol. The van der Waals surface area contributed by atoms with Gasteiger partial charge in [-0.05, 0) is 28.1 Å². The average Bonchev–Trinajstić information content (AvgIpc) is 2.28. The van der Waals surface area contributed by atoms with Crippen LogP contribution in [0.4, 0.5) is 20.3 Å². The summed E-state index contributed by atoms with van der Waals surface area (Å²) in [5, 5.41) is 2.67. The molecule has 0 aliphatic carbocycles. The van der Waals surface area contributed by atoms with Crippen molar-refractivity contribution < 1.29 is 8.78 Å². The van der Waals surface area contributed by atoms with Crippen LogP contribution >= 0.6 is 43.5 Å². The summed E-state index contributed by atoms with van der Waals surface area (Å²) in [6.07, 6.45) is 1.18. The third-order valence-electron chi connectivity index (χ3n) is 2.00. The van der Waals surface area contributed by atoms with Crippen molar-refractivity contribution in [2.45, 2.75) is 0 Å². The van der Waals surface area contributed by atoms with Gasteiger partial charge in [0.25, 0.3) is 0 Å². The van der Waals surface area contributed by atoms with Gasteiger partial charge in [0, 0.05) is 4.47 Å². The lowest BCUT2D eigenvalue weighted by molar-refractivity contribution is 0.589. The number of hydrogen-bond donors (Lipinski definition) is 1. The third-order valence-corrected chi connectivity index (χ3v) is 3.72. The van der Waals surface area contributed by atoms with Gasteiger partial charge in [-0.3, -0.25) is 0 Å². The molecule has 0 saturated carbocycles. The largest absolute Gasteiger partial charge is 0.334 e. The van der Waals surface area contributed by atoms with Gasteiger partial charge in [-0.15, -0.1) is 0 Å². The highest BCUT2D eigenvalue weighted by Crippen LogP contribution is 2.31. The van der Waals surface area contributed by atoms with Gasteiger partial charge in [0.05, 0.1) is 4.47 Å². The fourth-order valence-electron chi connectivity index (χ4n) is 1.22. The van der Waals surface area contributed by atoms with Gasteiger partial charge >= 0.3 is 0 Å². The van der Waals surface area contributed by atoms with Gasteiger partial charge in [0.15, 0.2) is 11.6 Å². The van der Waals surface area contributed by atoms with Gasteiger partial charge in [-0.25, -0.2) is 18.7 Å². The monoisotopic (exact) mass is 397 g/mol. The Balaban J connectivity index is 2.43. The second kappa shape index (κ2) is 5.46. The molecule has 0 atom stereocenters. The van der Waals surface area contributed by atoms with Gasteiger partial charge in [0.2, 0.25) is 0 Å². The van der Waals surface area contributed by atoms with E-state index in [0.717, 1.165) is 12.1 Å². The van der Waals surface area contributed by atoms with Gasteiger partial charge in [0.1, 0.15) is 23.0 Å². The summed E-state index contributed by atoms with van der Waals surface area (Å²) in [5.74, 6) is -1.32. The number of hydrogen-bond acceptors (Lipinski definition) is 3. The first-order valence-electron chi connectivity index (χ1n) is 4.56.